The van der Waals surface area contributed by atoms with Gasteiger partial charge in [-0.25, -0.2) is 4.98 Å². The second-order valence-electron chi connectivity index (χ2n) is 7.96. The van der Waals surface area contributed by atoms with Crippen LogP contribution >= 0.6 is 0 Å². The van der Waals surface area contributed by atoms with E-state index in [4.69, 9.17) is 4.42 Å². The molecule has 0 fully saturated rings. The van der Waals surface area contributed by atoms with Gasteiger partial charge in [0, 0.05) is 41.8 Å². The first-order chi connectivity index (χ1) is 14.6. The van der Waals surface area contributed by atoms with Crippen molar-refractivity contribution in [2.24, 2.45) is 0 Å². The molecule has 0 radical (unpaired) electrons. The molecule has 0 bridgehead atoms. The minimum Gasteiger partial charge on any atom is -0.451 e. The van der Waals surface area contributed by atoms with Gasteiger partial charge in [-0.15, -0.1) is 0 Å². The van der Waals surface area contributed by atoms with Gasteiger partial charge in [0.1, 0.15) is 5.58 Å². The lowest BCUT2D eigenvalue weighted by atomic mass is 10.1. The topological polar surface area (TPSA) is 54.5 Å². The molecule has 1 aliphatic heterocycles. The Morgan fingerprint density at radius 3 is 2.67 bits per heavy atom. The number of imidazole rings is 1. The Kier molecular flexibility index (Phi) is 4.64. The molecular weight excluding hydrogens is 376 g/mol. The Bertz CT molecular complexity index is 1210. The Hall–Kier alpha value is -3.38. The summed E-state index contributed by atoms with van der Waals surface area (Å²) in [4.78, 5) is 21.9. The van der Waals surface area contributed by atoms with E-state index in [0.717, 1.165) is 34.3 Å². The van der Waals surface area contributed by atoms with Gasteiger partial charge in [0.05, 0.1) is 18.6 Å². The highest BCUT2D eigenvalue weighted by atomic mass is 16.3. The van der Waals surface area contributed by atoms with Gasteiger partial charge in [0.2, 0.25) is 0 Å². The lowest BCUT2D eigenvalue weighted by Crippen LogP contribution is -2.37. The largest absolute Gasteiger partial charge is 0.451 e. The van der Waals surface area contributed by atoms with Crippen molar-refractivity contribution in [3.05, 3.63) is 83.6 Å². The number of rotatable bonds is 4. The first-order valence-electron chi connectivity index (χ1n) is 10.2. The Morgan fingerprint density at radius 1 is 1.10 bits per heavy atom. The third-order valence-electron chi connectivity index (χ3n) is 5.60. The number of hydrogen-bond donors (Lipinski definition) is 0. The van der Waals surface area contributed by atoms with Crippen LogP contribution in [-0.4, -0.2) is 45.9 Å². The van der Waals surface area contributed by atoms with Crippen LogP contribution in [0.1, 0.15) is 27.5 Å². The lowest BCUT2D eigenvalue weighted by molar-refractivity contribution is 0.0699. The van der Waals surface area contributed by atoms with Crippen LogP contribution in [0.4, 0.5) is 0 Å². The van der Waals surface area contributed by atoms with Gasteiger partial charge in [-0.05, 0) is 32.3 Å². The summed E-state index contributed by atoms with van der Waals surface area (Å²) in [5.74, 6) is 0.374. The fourth-order valence-corrected chi connectivity index (χ4v) is 4.18. The van der Waals surface area contributed by atoms with E-state index in [1.165, 1.54) is 5.69 Å². The number of carbonyl (C=O) groups excluding carboxylic acids is 1. The molecule has 0 unspecified atom stereocenters. The molecule has 2 aromatic heterocycles. The van der Waals surface area contributed by atoms with Crippen LogP contribution in [0.25, 0.3) is 16.7 Å². The second kappa shape index (κ2) is 7.46. The van der Waals surface area contributed by atoms with Crippen LogP contribution < -0.4 is 0 Å². The second-order valence-corrected chi connectivity index (χ2v) is 7.96. The predicted molar refractivity (Wildman–Crippen MR) is 116 cm³/mol. The summed E-state index contributed by atoms with van der Waals surface area (Å²) in [6.45, 7) is 1.79. The molecule has 1 amide bonds. The smallest absolute Gasteiger partial charge is 0.290 e. The van der Waals surface area contributed by atoms with E-state index in [1.807, 2.05) is 67.8 Å². The minimum absolute atomic E-state index is 0.0667. The number of aromatic nitrogens is 2. The van der Waals surface area contributed by atoms with E-state index in [1.54, 1.807) is 0 Å². The maximum Gasteiger partial charge on any atom is 0.290 e. The molecule has 152 valence electrons. The van der Waals surface area contributed by atoms with Crippen molar-refractivity contribution in [1.82, 2.24) is 19.4 Å². The van der Waals surface area contributed by atoms with Crippen molar-refractivity contribution in [3.63, 3.8) is 0 Å². The van der Waals surface area contributed by atoms with Crippen molar-refractivity contribution < 1.29 is 9.21 Å². The number of carbonyl (C=O) groups is 1. The average Bonchev–Trinajstić information content (AvgIpc) is 3.35. The zero-order valence-corrected chi connectivity index (χ0v) is 17.2. The van der Waals surface area contributed by atoms with Gasteiger partial charge in [0.25, 0.3) is 5.91 Å². The quantitative estimate of drug-likeness (QED) is 0.522. The highest BCUT2D eigenvalue weighted by molar-refractivity contribution is 5.99. The van der Waals surface area contributed by atoms with E-state index in [0.29, 0.717) is 25.4 Å². The normalized spacial score (nSPS) is 13.8. The number of benzene rings is 2. The van der Waals surface area contributed by atoms with Crippen molar-refractivity contribution in [2.45, 2.75) is 19.5 Å². The molecule has 5 rings (SSSR count). The van der Waals surface area contributed by atoms with Gasteiger partial charge in [-0.2, -0.15) is 0 Å². The summed E-state index contributed by atoms with van der Waals surface area (Å²) in [6.07, 6.45) is 2.62. The molecule has 6 nitrogen and oxygen atoms in total. The van der Waals surface area contributed by atoms with Crippen LogP contribution in [0, 0.1) is 0 Å². The molecular formula is C24H24N4O2. The summed E-state index contributed by atoms with van der Waals surface area (Å²) < 4.78 is 8.15. The van der Waals surface area contributed by atoms with Crippen molar-refractivity contribution in [2.75, 3.05) is 20.6 Å². The molecule has 30 heavy (non-hydrogen) atoms. The summed E-state index contributed by atoms with van der Waals surface area (Å²) in [5, 5.41) is 1.00. The van der Waals surface area contributed by atoms with E-state index < -0.39 is 0 Å². The van der Waals surface area contributed by atoms with Gasteiger partial charge >= 0.3 is 0 Å². The fraction of sp³-hybridized carbons (Fsp3) is 0.250. The summed E-state index contributed by atoms with van der Waals surface area (Å²) in [6, 6.07) is 18.0. The van der Waals surface area contributed by atoms with E-state index >= 15 is 0 Å². The van der Waals surface area contributed by atoms with Crippen LogP contribution in [0.15, 0.2) is 65.3 Å². The number of fused-ring (bicyclic) bond motifs is 2. The van der Waals surface area contributed by atoms with Crippen molar-refractivity contribution in [1.29, 1.82) is 0 Å². The lowest BCUT2D eigenvalue weighted by Gasteiger charge is -2.27. The third kappa shape index (κ3) is 3.19. The molecule has 4 aromatic rings. The van der Waals surface area contributed by atoms with Crippen molar-refractivity contribution >= 4 is 16.9 Å². The maximum atomic E-state index is 13.4. The highest BCUT2D eigenvalue weighted by Crippen LogP contribution is 2.29. The molecule has 2 aromatic carbocycles. The van der Waals surface area contributed by atoms with Crippen molar-refractivity contribution in [3.8, 4) is 5.69 Å². The first-order valence-corrected chi connectivity index (χ1v) is 10.2. The number of furan rings is 1. The summed E-state index contributed by atoms with van der Waals surface area (Å²) >= 11 is 0. The van der Waals surface area contributed by atoms with Crippen LogP contribution in [0.5, 0.6) is 0 Å². The Labute approximate surface area is 175 Å². The van der Waals surface area contributed by atoms with Gasteiger partial charge in [0.15, 0.2) is 5.76 Å². The molecule has 6 heteroatoms. The molecule has 0 atom stereocenters. The molecule has 0 spiro atoms. The number of nitrogens with zero attached hydrogens (tertiary/aromatic N) is 4. The van der Waals surface area contributed by atoms with Crippen LogP contribution in [0.3, 0.4) is 0 Å². The molecule has 1 aliphatic rings. The van der Waals surface area contributed by atoms with Crippen LogP contribution in [0.2, 0.25) is 0 Å². The number of para-hydroxylation sites is 2. The Morgan fingerprint density at radius 2 is 1.87 bits per heavy atom. The van der Waals surface area contributed by atoms with E-state index in [-0.39, 0.29) is 5.91 Å². The molecule has 0 saturated carbocycles. The Balaban J connectivity index is 1.46. The minimum atomic E-state index is -0.0667. The third-order valence-corrected chi connectivity index (χ3v) is 5.60. The van der Waals surface area contributed by atoms with Gasteiger partial charge < -0.3 is 18.8 Å². The zero-order chi connectivity index (χ0) is 20.7. The van der Waals surface area contributed by atoms with Gasteiger partial charge in [-0.1, -0.05) is 36.4 Å². The number of amides is 1. The maximum absolute atomic E-state index is 13.4. The molecule has 3 heterocycles. The fourth-order valence-electron chi connectivity index (χ4n) is 4.18. The summed E-state index contributed by atoms with van der Waals surface area (Å²) in [7, 11) is 4.00. The van der Waals surface area contributed by atoms with E-state index in [2.05, 4.69) is 26.6 Å². The molecule has 0 aliphatic carbocycles. The predicted octanol–water partition coefficient (Wildman–Crippen LogP) is 3.88. The highest BCUT2D eigenvalue weighted by Gasteiger charge is 2.30. The van der Waals surface area contributed by atoms with Gasteiger partial charge in [-0.3, -0.25) is 4.79 Å². The monoisotopic (exact) mass is 400 g/mol. The summed E-state index contributed by atoms with van der Waals surface area (Å²) in [5.41, 5.74) is 4.91. The van der Waals surface area contributed by atoms with Crippen LogP contribution in [-0.2, 0) is 19.5 Å². The first kappa shape index (κ1) is 18.6. The average molecular weight is 400 g/mol. The molecule has 0 N–H and O–H groups in total. The zero-order valence-electron chi connectivity index (χ0n) is 17.2. The van der Waals surface area contributed by atoms with E-state index in [9.17, 15) is 4.79 Å². The number of hydrogen-bond acceptors (Lipinski definition) is 4. The SMILES string of the molecule is CN(C)Cc1c(C(=O)N2CCc3c(ncn3-c3ccccc3)C2)oc2ccccc12. The standard InChI is InChI=1S/C24H24N4O2/c1-26(2)14-19-18-10-6-7-11-22(18)30-23(19)24(29)27-13-12-21-20(15-27)25-16-28(21)17-8-4-3-5-9-17/h3-11,16H,12-15H2,1-2H3. The molecule has 0 saturated heterocycles.